The summed E-state index contributed by atoms with van der Waals surface area (Å²) in [6.45, 7) is 7.65. The Labute approximate surface area is 144 Å². The van der Waals surface area contributed by atoms with Gasteiger partial charge in [0.1, 0.15) is 6.23 Å². The Morgan fingerprint density at radius 3 is 1.78 bits per heavy atom. The summed E-state index contributed by atoms with van der Waals surface area (Å²) in [5.74, 6) is -0.442. The fraction of sp³-hybridized carbons (Fsp3) is 0.850. The number of hydrogen-bond acceptors (Lipinski definition) is 3. The summed E-state index contributed by atoms with van der Waals surface area (Å²) in [4.78, 5) is 11.7. The molecular weight excluding hydrogens is 286 g/mol. The van der Waals surface area contributed by atoms with Gasteiger partial charge in [-0.2, -0.15) is 0 Å². The summed E-state index contributed by atoms with van der Waals surface area (Å²) in [5.41, 5.74) is 5.48. The Morgan fingerprint density at radius 2 is 1.39 bits per heavy atom. The summed E-state index contributed by atoms with van der Waals surface area (Å²) >= 11 is 0. The molecule has 0 aliphatic carbocycles. The summed E-state index contributed by atoms with van der Waals surface area (Å²) in [6, 6.07) is 0. The third-order valence-electron chi connectivity index (χ3n) is 4.26. The molecule has 0 aliphatic rings. The van der Waals surface area contributed by atoms with Gasteiger partial charge in [-0.1, -0.05) is 90.0 Å². The third-order valence-corrected chi connectivity index (χ3v) is 4.26. The van der Waals surface area contributed by atoms with E-state index in [0.29, 0.717) is 0 Å². The van der Waals surface area contributed by atoms with Crippen LogP contribution in [0.25, 0.3) is 0 Å². The van der Waals surface area contributed by atoms with Gasteiger partial charge in [-0.3, -0.25) is 10.5 Å². The Balaban J connectivity index is 3.40. The van der Waals surface area contributed by atoms with Crippen molar-refractivity contribution in [2.24, 2.45) is 11.7 Å². The molecule has 2 N–H and O–H groups in total. The zero-order valence-electron chi connectivity index (χ0n) is 15.5. The van der Waals surface area contributed by atoms with Crippen molar-refractivity contribution in [2.45, 2.75) is 104 Å². The normalized spacial score (nSPS) is 13.5. The first-order valence-electron chi connectivity index (χ1n) is 9.70. The maximum Gasteiger partial charge on any atom is 0.314 e. The van der Waals surface area contributed by atoms with Gasteiger partial charge in [0.25, 0.3) is 0 Å². The highest BCUT2D eigenvalue weighted by molar-refractivity contribution is 5.74. The minimum Gasteiger partial charge on any atom is -0.447 e. The predicted molar refractivity (Wildman–Crippen MR) is 99.1 cm³/mol. The standard InChI is InChI=1S/C20H39NO2/c1-4-6-7-8-9-10-11-12-13-14-15-16-17-19(5-2)20(22)23-18(3)21/h5,18-19H,2,4,6-17,21H2,1,3H3. The molecule has 0 spiro atoms. The Kier molecular flexibility index (Phi) is 15.5. The lowest BCUT2D eigenvalue weighted by Gasteiger charge is -2.14. The van der Waals surface area contributed by atoms with E-state index in [9.17, 15) is 4.79 Å². The van der Waals surface area contributed by atoms with E-state index in [1.54, 1.807) is 13.0 Å². The molecule has 0 heterocycles. The van der Waals surface area contributed by atoms with Crippen molar-refractivity contribution in [2.75, 3.05) is 0 Å². The number of ether oxygens (including phenoxy) is 1. The Bertz CT molecular complexity index is 289. The van der Waals surface area contributed by atoms with Crippen molar-refractivity contribution in [1.82, 2.24) is 0 Å². The molecule has 0 amide bonds. The largest absolute Gasteiger partial charge is 0.447 e. The highest BCUT2D eigenvalue weighted by Gasteiger charge is 2.17. The van der Waals surface area contributed by atoms with Crippen LogP contribution in [0.15, 0.2) is 12.7 Å². The molecule has 2 atom stereocenters. The van der Waals surface area contributed by atoms with Crippen molar-refractivity contribution < 1.29 is 9.53 Å². The molecule has 3 heteroatoms. The number of carbonyl (C=O) groups excluding carboxylic acids is 1. The summed E-state index contributed by atoms with van der Waals surface area (Å²) in [7, 11) is 0. The second kappa shape index (κ2) is 16.0. The fourth-order valence-corrected chi connectivity index (χ4v) is 2.81. The lowest BCUT2D eigenvalue weighted by atomic mass is 10.00. The highest BCUT2D eigenvalue weighted by atomic mass is 16.6. The van der Waals surface area contributed by atoms with Crippen LogP contribution in [0.2, 0.25) is 0 Å². The molecule has 0 rings (SSSR count). The first-order chi connectivity index (χ1) is 11.1. The van der Waals surface area contributed by atoms with Crippen LogP contribution in [-0.4, -0.2) is 12.2 Å². The van der Waals surface area contributed by atoms with Crippen LogP contribution in [0, 0.1) is 5.92 Å². The lowest BCUT2D eigenvalue weighted by Crippen LogP contribution is -2.27. The Hall–Kier alpha value is -0.830. The highest BCUT2D eigenvalue weighted by Crippen LogP contribution is 2.16. The van der Waals surface area contributed by atoms with Gasteiger partial charge in [-0.15, -0.1) is 6.58 Å². The van der Waals surface area contributed by atoms with E-state index >= 15 is 0 Å². The molecule has 136 valence electrons. The smallest absolute Gasteiger partial charge is 0.314 e. The molecule has 23 heavy (non-hydrogen) atoms. The van der Waals surface area contributed by atoms with Gasteiger partial charge >= 0.3 is 5.97 Å². The molecule has 0 aliphatic heterocycles. The summed E-state index contributed by atoms with van der Waals surface area (Å²) < 4.78 is 5.03. The summed E-state index contributed by atoms with van der Waals surface area (Å²) in [6.07, 6.45) is 17.9. The molecule has 0 fully saturated rings. The van der Waals surface area contributed by atoms with Crippen LogP contribution < -0.4 is 5.73 Å². The van der Waals surface area contributed by atoms with E-state index in [4.69, 9.17) is 10.5 Å². The minimum absolute atomic E-state index is 0.205. The average Bonchev–Trinajstić information content (AvgIpc) is 2.51. The zero-order chi connectivity index (χ0) is 17.3. The van der Waals surface area contributed by atoms with Gasteiger partial charge in [0.05, 0.1) is 5.92 Å². The van der Waals surface area contributed by atoms with Crippen molar-refractivity contribution in [1.29, 1.82) is 0 Å². The summed E-state index contributed by atoms with van der Waals surface area (Å²) in [5, 5.41) is 0. The lowest BCUT2D eigenvalue weighted by molar-refractivity contribution is -0.151. The number of unbranched alkanes of at least 4 members (excludes halogenated alkanes) is 11. The van der Waals surface area contributed by atoms with Crippen LogP contribution in [0.5, 0.6) is 0 Å². The van der Waals surface area contributed by atoms with Gasteiger partial charge in [-0.25, -0.2) is 0 Å². The van der Waals surface area contributed by atoms with E-state index in [-0.39, 0.29) is 11.9 Å². The SMILES string of the molecule is C=CC(CCCCCCCCCCCCCC)C(=O)OC(C)N. The molecule has 3 nitrogen and oxygen atoms in total. The third kappa shape index (κ3) is 14.5. The van der Waals surface area contributed by atoms with Crippen LogP contribution in [0.4, 0.5) is 0 Å². The Morgan fingerprint density at radius 1 is 0.957 bits per heavy atom. The molecule has 0 saturated carbocycles. The number of rotatable bonds is 16. The van der Waals surface area contributed by atoms with Gasteiger partial charge in [0, 0.05) is 0 Å². The van der Waals surface area contributed by atoms with E-state index in [1.165, 1.54) is 70.6 Å². The van der Waals surface area contributed by atoms with Crippen LogP contribution in [0.1, 0.15) is 97.3 Å². The molecule has 2 unspecified atom stereocenters. The molecule has 0 bridgehead atoms. The topological polar surface area (TPSA) is 52.3 Å². The van der Waals surface area contributed by atoms with Crippen LogP contribution in [-0.2, 0) is 9.53 Å². The maximum atomic E-state index is 11.7. The van der Waals surface area contributed by atoms with E-state index < -0.39 is 6.23 Å². The second-order valence-corrected chi connectivity index (χ2v) is 6.66. The van der Waals surface area contributed by atoms with Crippen molar-refractivity contribution in [3.05, 3.63) is 12.7 Å². The van der Waals surface area contributed by atoms with Gasteiger partial charge in [-0.05, 0) is 13.3 Å². The van der Waals surface area contributed by atoms with Crippen molar-refractivity contribution in [3.8, 4) is 0 Å². The first kappa shape index (κ1) is 22.2. The quantitative estimate of drug-likeness (QED) is 0.171. The van der Waals surface area contributed by atoms with Crippen LogP contribution >= 0.6 is 0 Å². The van der Waals surface area contributed by atoms with E-state index in [0.717, 1.165) is 12.8 Å². The zero-order valence-corrected chi connectivity index (χ0v) is 15.5. The van der Waals surface area contributed by atoms with E-state index in [2.05, 4.69) is 13.5 Å². The molecule has 0 radical (unpaired) electrons. The van der Waals surface area contributed by atoms with Gasteiger partial charge < -0.3 is 4.74 Å². The molecular formula is C20H39NO2. The molecule has 0 aromatic carbocycles. The van der Waals surface area contributed by atoms with Crippen molar-refractivity contribution in [3.63, 3.8) is 0 Å². The number of esters is 1. The van der Waals surface area contributed by atoms with Gasteiger partial charge in [0.15, 0.2) is 0 Å². The van der Waals surface area contributed by atoms with Crippen molar-refractivity contribution >= 4 is 5.97 Å². The van der Waals surface area contributed by atoms with Crippen LogP contribution in [0.3, 0.4) is 0 Å². The molecule has 0 aromatic rings. The number of nitrogens with two attached hydrogens (primary N) is 1. The predicted octanol–water partition coefficient (Wildman–Crippen LogP) is 5.73. The monoisotopic (exact) mass is 325 g/mol. The fourth-order valence-electron chi connectivity index (χ4n) is 2.81. The van der Waals surface area contributed by atoms with E-state index in [1.807, 2.05) is 0 Å². The first-order valence-corrected chi connectivity index (χ1v) is 9.70. The molecule has 0 saturated heterocycles. The number of carbonyl (C=O) groups is 1. The second-order valence-electron chi connectivity index (χ2n) is 6.66. The average molecular weight is 326 g/mol. The number of hydrogen-bond donors (Lipinski definition) is 1. The van der Waals surface area contributed by atoms with Gasteiger partial charge in [0.2, 0.25) is 0 Å². The maximum absolute atomic E-state index is 11.7. The molecule has 0 aromatic heterocycles. The minimum atomic E-state index is -0.535.